The molecule has 0 saturated carbocycles. The molecule has 2 amide bonds. The fourth-order valence-corrected chi connectivity index (χ4v) is 4.06. The van der Waals surface area contributed by atoms with Crippen molar-refractivity contribution < 1.29 is 9.59 Å². The molecule has 0 saturated heterocycles. The molecule has 0 fully saturated rings. The number of hydrogen-bond donors (Lipinski definition) is 2. The second-order valence-corrected chi connectivity index (χ2v) is 8.39. The summed E-state index contributed by atoms with van der Waals surface area (Å²) in [6.07, 6.45) is 3.33. The summed E-state index contributed by atoms with van der Waals surface area (Å²) >= 11 is 8.56. The molecule has 1 atom stereocenters. The molecular weight excluding hydrogens is 444 g/mol. The molecule has 156 valence electrons. The highest BCUT2D eigenvalue weighted by molar-refractivity contribution is 7.99. The zero-order valence-corrected chi connectivity index (χ0v) is 18.4. The molecule has 0 bridgehead atoms. The van der Waals surface area contributed by atoms with Gasteiger partial charge >= 0.3 is 0 Å². The molecule has 3 rings (SSSR count). The predicted molar refractivity (Wildman–Crippen MR) is 119 cm³/mol. The van der Waals surface area contributed by atoms with Crippen LogP contribution in [0.1, 0.15) is 29.1 Å². The molecule has 30 heavy (non-hydrogen) atoms. The summed E-state index contributed by atoms with van der Waals surface area (Å²) in [6, 6.07) is 6.29. The first-order chi connectivity index (χ1) is 14.5. The van der Waals surface area contributed by atoms with Crippen LogP contribution in [0.15, 0.2) is 53.7 Å². The zero-order chi connectivity index (χ0) is 21.5. The Morgan fingerprint density at radius 2 is 2.23 bits per heavy atom. The Kier molecular flexibility index (Phi) is 7.61. The molecule has 1 aromatic carbocycles. The zero-order valence-electron chi connectivity index (χ0n) is 16.0. The Labute approximate surface area is 186 Å². The SMILES string of the molecule is C=CCn1c(SCC(=O)Nc2nccs2)nnc1C(C)NC(=O)c1cccc(Cl)c1. The monoisotopic (exact) mass is 462 g/mol. The van der Waals surface area contributed by atoms with Gasteiger partial charge in [-0.05, 0) is 25.1 Å². The summed E-state index contributed by atoms with van der Waals surface area (Å²) in [6.45, 7) is 6.02. The number of aromatic nitrogens is 4. The summed E-state index contributed by atoms with van der Waals surface area (Å²) in [5.41, 5.74) is 0.456. The first kappa shape index (κ1) is 22.0. The van der Waals surface area contributed by atoms with Crippen molar-refractivity contribution in [1.29, 1.82) is 0 Å². The van der Waals surface area contributed by atoms with Crippen molar-refractivity contribution in [2.24, 2.45) is 0 Å². The predicted octanol–water partition coefficient (Wildman–Crippen LogP) is 3.80. The van der Waals surface area contributed by atoms with Gasteiger partial charge in [-0.25, -0.2) is 4.98 Å². The summed E-state index contributed by atoms with van der Waals surface area (Å²) in [4.78, 5) is 28.7. The van der Waals surface area contributed by atoms with E-state index in [1.165, 1.54) is 23.1 Å². The van der Waals surface area contributed by atoms with E-state index in [1.54, 1.807) is 41.9 Å². The number of hydrogen-bond acceptors (Lipinski definition) is 7. The lowest BCUT2D eigenvalue weighted by Gasteiger charge is -2.15. The summed E-state index contributed by atoms with van der Waals surface area (Å²) in [5.74, 6) is 0.258. The van der Waals surface area contributed by atoms with Gasteiger partial charge in [0, 0.05) is 28.7 Å². The topological polar surface area (TPSA) is 102 Å². The number of nitrogens with zero attached hydrogens (tertiary/aromatic N) is 4. The van der Waals surface area contributed by atoms with E-state index in [-0.39, 0.29) is 17.6 Å². The minimum atomic E-state index is -0.414. The quantitative estimate of drug-likeness (QED) is 0.370. The average Bonchev–Trinajstić information content (AvgIpc) is 3.36. The van der Waals surface area contributed by atoms with E-state index in [9.17, 15) is 9.59 Å². The van der Waals surface area contributed by atoms with E-state index in [4.69, 9.17) is 11.6 Å². The van der Waals surface area contributed by atoms with Crippen LogP contribution in [-0.2, 0) is 11.3 Å². The third-order valence-corrected chi connectivity index (χ3v) is 5.78. The van der Waals surface area contributed by atoms with E-state index >= 15 is 0 Å². The maximum atomic E-state index is 12.5. The second kappa shape index (κ2) is 10.4. The number of rotatable bonds is 9. The molecule has 2 aromatic heterocycles. The molecular formula is C19H19ClN6O2S2. The van der Waals surface area contributed by atoms with Gasteiger partial charge in [-0.3, -0.25) is 9.59 Å². The fourth-order valence-electron chi connectivity index (χ4n) is 2.57. The number of nitrogens with one attached hydrogen (secondary N) is 2. The van der Waals surface area contributed by atoms with Gasteiger partial charge in [0.15, 0.2) is 16.1 Å². The van der Waals surface area contributed by atoms with Gasteiger partial charge < -0.3 is 15.2 Å². The number of carbonyl (C=O) groups excluding carboxylic acids is 2. The van der Waals surface area contributed by atoms with Crippen LogP contribution in [0.4, 0.5) is 5.13 Å². The highest BCUT2D eigenvalue weighted by Gasteiger charge is 2.20. The molecule has 8 nitrogen and oxygen atoms in total. The third kappa shape index (κ3) is 5.68. The Balaban J connectivity index is 1.67. The van der Waals surface area contributed by atoms with E-state index in [2.05, 4.69) is 32.4 Å². The fraction of sp³-hybridized carbons (Fsp3) is 0.211. The van der Waals surface area contributed by atoms with Crippen molar-refractivity contribution in [2.45, 2.75) is 24.7 Å². The first-order valence-corrected chi connectivity index (χ1v) is 11.1. The molecule has 0 aliphatic rings. The van der Waals surface area contributed by atoms with E-state index in [1.807, 2.05) is 11.5 Å². The lowest BCUT2D eigenvalue weighted by atomic mass is 10.2. The van der Waals surface area contributed by atoms with Crippen molar-refractivity contribution in [3.8, 4) is 0 Å². The number of allylic oxidation sites excluding steroid dienone is 1. The Bertz CT molecular complexity index is 1040. The van der Waals surface area contributed by atoms with Crippen molar-refractivity contribution in [3.05, 3.63) is 64.9 Å². The number of anilines is 1. The minimum Gasteiger partial charge on any atom is -0.342 e. The third-order valence-electron chi connectivity index (χ3n) is 3.89. The molecule has 11 heteroatoms. The van der Waals surface area contributed by atoms with Gasteiger partial charge in [0.1, 0.15) is 0 Å². The smallest absolute Gasteiger partial charge is 0.251 e. The lowest BCUT2D eigenvalue weighted by Crippen LogP contribution is -2.28. The molecule has 3 aromatic rings. The van der Waals surface area contributed by atoms with Crippen LogP contribution in [0.5, 0.6) is 0 Å². The maximum Gasteiger partial charge on any atom is 0.251 e. The molecule has 2 heterocycles. The van der Waals surface area contributed by atoms with Crippen LogP contribution in [0, 0.1) is 0 Å². The van der Waals surface area contributed by atoms with Crippen molar-refractivity contribution >= 4 is 51.6 Å². The Morgan fingerprint density at radius 3 is 2.93 bits per heavy atom. The Hall–Kier alpha value is -2.69. The molecule has 1 unspecified atom stereocenters. The van der Waals surface area contributed by atoms with Crippen LogP contribution in [-0.4, -0.2) is 37.3 Å². The normalized spacial score (nSPS) is 11.7. The maximum absolute atomic E-state index is 12.5. The highest BCUT2D eigenvalue weighted by atomic mass is 35.5. The number of benzene rings is 1. The number of halogens is 1. The Morgan fingerprint density at radius 1 is 1.40 bits per heavy atom. The van der Waals surface area contributed by atoms with E-state index in [0.717, 1.165) is 0 Å². The van der Waals surface area contributed by atoms with Crippen molar-refractivity contribution in [2.75, 3.05) is 11.1 Å². The van der Waals surface area contributed by atoms with Gasteiger partial charge in [-0.2, -0.15) is 0 Å². The first-order valence-electron chi connectivity index (χ1n) is 8.90. The highest BCUT2D eigenvalue weighted by Crippen LogP contribution is 2.22. The van der Waals surface area contributed by atoms with E-state index in [0.29, 0.717) is 33.2 Å². The molecule has 2 N–H and O–H groups in total. The summed E-state index contributed by atoms with van der Waals surface area (Å²) in [5, 5.41) is 17.4. The van der Waals surface area contributed by atoms with Crippen LogP contribution in [0.25, 0.3) is 0 Å². The molecule has 0 radical (unpaired) electrons. The van der Waals surface area contributed by atoms with E-state index < -0.39 is 6.04 Å². The van der Waals surface area contributed by atoms with Crippen LogP contribution in [0.2, 0.25) is 5.02 Å². The summed E-state index contributed by atoms with van der Waals surface area (Å²) < 4.78 is 1.82. The van der Waals surface area contributed by atoms with Crippen molar-refractivity contribution in [3.63, 3.8) is 0 Å². The number of amides is 2. The second-order valence-electron chi connectivity index (χ2n) is 6.12. The lowest BCUT2D eigenvalue weighted by molar-refractivity contribution is -0.113. The van der Waals surface area contributed by atoms with Gasteiger partial charge in [-0.1, -0.05) is 35.5 Å². The largest absolute Gasteiger partial charge is 0.342 e. The molecule has 0 aliphatic carbocycles. The summed E-state index contributed by atoms with van der Waals surface area (Å²) in [7, 11) is 0. The number of carbonyl (C=O) groups is 2. The van der Waals surface area contributed by atoms with Crippen LogP contribution < -0.4 is 10.6 Å². The van der Waals surface area contributed by atoms with Gasteiger partial charge in [0.05, 0.1) is 11.8 Å². The number of thiazole rings is 1. The van der Waals surface area contributed by atoms with Gasteiger partial charge in [0.2, 0.25) is 5.91 Å². The number of thioether (sulfide) groups is 1. The van der Waals surface area contributed by atoms with Gasteiger partial charge in [-0.15, -0.1) is 28.1 Å². The molecule has 0 spiro atoms. The van der Waals surface area contributed by atoms with Gasteiger partial charge in [0.25, 0.3) is 5.91 Å². The van der Waals surface area contributed by atoms with Crippen LogP contribution >= 0.6 is 34.7 Å². The standard InChI is InChI=1S/C19H19ClN6O2S2/c1-3-8-26-16(12(2)22-17(28)13-5-4-6-14(20)10-13)24-25-19(26)30-11-15(27)23-18-21-7-9-29-18/h3-7,9-10,12H,1,8,11H2,2H3,(H,22,28)(H,21,23,27). The molecule has 0 aliphatic heterocycles. The average molecular weight is 463 g/mol. The van der Waals surface area contributed by atoms with Crippen LogP contribution in [0.3, 0.4) is 0 Å². The van der Waals surface area contributed by atoms with Crippen molar-refractivity contribution in [1.82, 2.24) is 25.1 Å². The minimum absolute atomic E-state index is 0.151.